The summed E-state index contributed by atoms with van der Waals surface area (Å²) in [4.78, 5) is 10.6. The summed E-state index contributed by atoms with van der Waals surface area (Å²) in [6.45, 7) is 7.44. The van der Waals surface area contributed by atoms with Crippen LogP contribution in [-0.2, 0) is 0 Å². The van der Waals surface area contributed by atoms with Crippen LogP contribution in [0.15, 0.2) is 49.6 Å². The molecule has 2 N–H and O–H groups in total. The molecule has 15 heavy (non-hydrogen) atoms. The van der Waals surface area contributed by atoms with Gasteiger partial charge in [0.25, 0.3) is 0 Å². The molecular weight excluding hydrogens is 186 g/mol. The Balaban J connectivity index is 3.11. The highest BCUT2D eigenvalue weighted by Gasteiger charge is 2.02. The highest BCUT2D eigenvalue weighted by atomic mass is 16.1. The van der Waals surface area contributed by atoms with E-state index in [-0.39, 0.29) is 0 Å². The van der Waals surface area contributed by atoms with Crippen LogP contribution in [0.25, 0.3) is 5.57 Å². The molecule has 0 saturated heterocycles. The highest BCUT2D eigenvalue weighted by molar-refractivity contribution is 5.85. The second-order valence-corrected chi connectivity index (χ2v) is 3.08. The van der Waals surface area contributed by atoms with Crippen molar-refractivity contribution in [2.24, 2.45) is 0 Å². The van der Waals surface area contributed by atoms with E-state index >= 15 is 0 Å². The first kappa shape index (κ1) is 11.0. The van der Waals surface area contributed by atoms with E-state index in [0.717, 1.165) is 17.4 Å². The number of rotatable bonds is 4. The van der Waals surface area contributed by atoms with Gasteiger partial charge >= 0.3 is 0 Å². The Kier molecular flexibility index (Phi) is 3.63. The molecule has 0 bridgehead atoms. The average molecular weight is 199 g/mol. The lowest BCUT2D eigenvalue weighted by Gasteiger charge is -2.05. The van der Waals surface area contributed by atoms with Crippen molar-refractivity contribution in [1.29, 1.82) is 0 Å². The number of carbonyl (C=O) groups excluding carboxylic acids is 1. The zero-order valence-electron chi connectivity index (χ0n) is 8.44. The Morgan fingerprint density at radius 3 is 2.73 bits per heavy atom. The topological polar surface area (TPSA) is 43.1 Å². The minimum atomic E-state index is 0.590. The molecule has 2 nitrogen and oxygen atoms in total. The van der Waals surface area contributed by atoms with Crippen molar-refractivity contribution in [2.75, 3.05) is 5.73 Å². The second-order valence-electron chi connectivity index (χ2n) is 3.08. The van der Waals surface area contributed by atoms with Crippen LogP contribution in [0.5, 0.6) is 0 Å². The van der Waals surface area contributed by atoms with Crippen molar-refractivity contribution in [3.8, 4) is 0 Å². The Bertz CT molecular complexity index is 430. The van der Waals surface area contributed by atoms with E-state index < -0.39 is 0 Å². The zero-order chi connectivity index (χ0) is 11.3. The van der Waals surface area contributed by atoms with Crippen LogP contribution in [0, 0.1) is 0 Å². The van der Waals surface area contributed by atoms with Crippen LogP contribution in [0.1, 0.15) is 15.9 Å². The third-order valence-corrected chi connectivity index (χ3v) is 1.99. The van der Waals surface area contributed by atoms with Gasteiger partial charge in [0, 0.05) is 16.8 Å². The molecule has 1 rings (SSSR count). The minimum Gasteiger partial charge on any atom is -0.398 e. The van der Waals surface area contributed by atoms with Gasteiger partial charge in [-0.2, -0.15) is 0 Å². The molecule has 0 unspecified atom stereocenters. The van der Waals surface area contributed by atoms with Crippen molar-refractivity contribution in [3.63, 3.8) is 0 Å². The summed E-state index contributed by atoms with van der Waals surface area (Å²) in [5.41, 5.74) is 8.52. The van der Waals surface area contributed by atoms with Crippen LogP contribution >= 0.6 is 0 Å². The molecule has 0 saturated carbocycles. The van der Waals surface area contributed by atoms with E-state index in [9.17, 15) is 4.79 Å². The molecule has 0 radical (unpaired) electrons. The van der Waals surface area contributed by atoms with Crippen LogP contribution < -0.4 is 5.73 Å². The monoisotopic (exact) mass is 199 g/mol. The van der Waals surface area contributed by atoms with Crippen molar-refractivity contribution < 1.29 is 4.79 Å². The number of carbonyl (C=O) groups is 1. The molecule has 0 aliphatic heterocycles. The van der Waals surface area contributed by atoms with Crippen LogP contribution in [0.3, 0.4) is 0 Å². The third kappa shape index (κ3) is 2.68. The van der Waals surface area contributed by atoms with Crippen molar-refractivity contribution in [2.45, 2.75) is 0 Å². The SMILES string of the molecule is C=CC=CC(=C)c1cc(C=O)ccc1N. The van der Waals surface area contributed by atoms with Gasteiger partial charge in [0.15, 0.2) is 0 Å². The first-order valence-electron chi connectivity index (χ1n) is 4.52. The molecule has 76 valence electrons. The fourth-order valence-electron chi connectivity index (χ4n) is 1.20. The summed E-state index contributed by atoms with van der Waals surface area (Å²) >= 11 is 0. The van der Waals surface area contributed by atoms with Crippen LogP contribution in [-0.4, -0.2) is 6.29 Å². The molecule has 0 atom stereocenters. The average Bonchev–Trinajstić information content (AvgIpc) is 2.26. The summed E-state index contributed by atoms with van der Waals surface area (Å²) in [6.07, 6.45) is 6.01. The lowest BCUT2D eigenvalue weighted by Crippen LogP contribution is -1.93. The second kappa shape index (κ2) is 4.96. The number of hydrogen-bond donors (Lipinski definition) is 1. The molecule has 0 aromatic heterocycles. The molecule has 0 heterocycles. The maximum absolute atomic E-state index is 10.6. The van der Waals surface area contributed by atoms with E-state index in [0.29, 0.717) is 11.3 Å². The Hall–Kier alpha value is -2.09. The first-order valence-corrected chi connectivity index (χ1v) is 4.52. The zero-order valence-corrected chi connectivity index (χ0v) is 8.44. The molecule has 0 aliphatic rings. The van der Waals surface area contributed by atoms with E-state index in [1.807, 2.05) is 0 Å². The van der Waals surface area contributed by atoms with Gasteiger partial charge in [0.2, 0.25) is 0 Å². The quantitative estimate of drug-likeness (QED) is 0.460. The molecule has 1 aromatic rings. The van der Waals surface area contributed by atoms with E-state index in [2.05, 4.69) is 13.2 Å². The minimum absolute atomic E-state index is 0.590. The maximum atomic E-state index is 10.6. The van der Waals surface area contributed by atoms with Gasteiger partial charge in [-0.3, -0.25) is 4.79 Å². The molecule has 0 spiro atoms. The molecule has 0 aliphatic carbocycles. The van der Waals surface area contributed by atoms with Crippen molar-refractivity contribution in [3.05, 3.63) is 60.7 Å². The van der Waals surface area contributed by atoms with E-state index in [4.69, 9.17) is 5.73 Å². The maximum Gasteiger partial charge on any atom is 0.150 e. The van der Waals surface area contributed by atoms with Gasteiger partial charge in [0.1, 0.15) is 6.29 Å². The number of anilines is 1. The summed E-state index contributed by atoms with van der Waals surface area (Å²) in [5.74, 6) is 0. The van der Waals surface area contributed by atoms with E-state index in [1.165, 1.54) is 0 Å². The van der Waals surface area contributed by atoms with Gasteiger partial charge < -0.3 is 5.73 Å². The summed E-state index contributed by atoms with van der Waals surface area (Å²) in [5, 5.41) is 0. The van der Waals surface area contributed by atoms with Gasteiger partial charge in [-0.25, -0.2) is 0 Å². The number of nitrogen functional groups attached to an aromatic ring is 1. The van der Waals surface area contributed by atoms with Crippen LogP contribution in [0.4, 0.5) is 5.69 Å². The Morgan fingerprint density at radius 1 is 1.40 bits per heavy atom. The summed E-state index contributed by atoms with van der Waals surface area (Å²) in [7, 11) is 0. The van der Waals surface area contributed by atoms with Crippen molar-refractivity contribution >= 4 is 17.5 Å². The predicted octanol–water partition coefficient (Wildman–Crippen LogP) is 2.84. The summed E-state index contributed by atoms with van der Waals surface area (Å²) < 4.78 is 0. The number of benzene rings is 1. The van der Waals surface area contributed by atoms with Gasteiger partial charge in [-0.15, -0.1) is 0 Å². The number of allylic oxidation sites excluding steroid dienone is 4. The molecule has 0 amide bonds. The molecule has 2 heteroatoms. The fourth-order valence-corrected chi connectivity index (χ4v) is 1.20. The normalized spacial score (nSPS) is 10.1. The summed E-state index contributed by atoms with van der Waals surface area (Å²) in [6, 6.07) is 5.10. The lowest BCUT2D eigenvalue weighted by atomic mass is 10.0. The third-order valence-electron chi connectivity index (χ3n) is 1.99. The highest BCUT2D eigenvalue weighted by Crippen LogP contribution is 2.22. The predicted molar refractivity (Wildman–Crippen MR) is 64.6 cm³/mol. The molecular formula is C13H13NO. The fraction of sp³-hybridized carbons (Fsp3) is 0. The standard InChI is InChI=1S/C13H13NO/c1-3-4-5-10(2)12-8-11(9-15)6-7-13(12)14/h3-9H,1-2,14H2. The van der Waals surface area contributed by atoms with Gasteiger partial charge in [-0.1, -0.05) is 31.4 Å². The Labute approximate surface area is 89.4 Å². The van der Waals surface area contributed by atoms with Crippen LogP contribution in [0.2, 0.25) is 0 Å². The Morgan fingerprint density at radius 2 is 2.13 bits per heavy atom. The van der Waals surface area contributed by atoms with Gasteiger partial charge in [-0.05, 0) is 23.8 Å². The molecule has 0 fully saturated rings. The number of hydrogen-bond acceptors (Lipinski definition) is 2. The lowest BCUT2D eigenvalue weighted by molar-refractivity contribution is 0.112. The number of nitrogens with two attached hydrogens (primary N) is 1. The molecule has 1 aromatic carbocycles. The van der Waals surface area contributed by atoms with Crippen molar-refractivity contribution in [1.82, 2.24) is 0 Å². The largest absolute Gasteiger partial charge is 0.398 e. The first-order chi connectivity index (χ1) is 7.19. The van der Waals surface area contributed by atoms with E-state index in [1.54, 1.807) is 36.4 Å². The smallest absolute Gasteiger partial charge is 0.150 e. The number of aldehydes is 1. The van der Waals surface area contributed by atoms with Gasteiger partial charge in [0.05, 0.1) is 0 Å².